The zero-order valence-corrected chi connectivity index (χ0v) is 16.8. The Morgan fingerprint density at radius 2 is 1.55 bits per heavy atom. The lowest BCUT2D eigenvalue weighted by molar-refractivity contribution is 0.626. The lowest BCUT2D eigenvalue weighted by Gasteiger charge is -2.08. The molecule has 3 aromatic carbocycles. The second kappa shape index (κ2) is 8.75. The first-order valence-electron chi connectivity index (χ1n) is 8.93. The Labute approximate surface area is 176 Å². The van der Waals surface area contributed by atoms with Crippen LogP contribution in [0.3, 0.4) is 0 Å². The number of anilines is 1. The van der Waals surface area contributed by atoms with Crippen molar-refractivity contribution in [2.45, 2.75) is 0 Å². The SMILES string of the molecule is Fc1ccccc1/C=N/Nc1cc(-c2ccccc2)nc(-c2ccc(Br)cc2)n1. The van der Waals surface area contributed by atoms with Crippen molar-refractivity contribution in [3.05, 3.63) is 101 Å². The summed E-state index contributed by atoms with van der Waals surface area (Å²) in [6.45, 7) is 0. The molecule has 0 amide bonds. The number of nitrogens with one attached hydrogen (secondary N) is 1. The summed E-state index contributed by atoms with van der Waals surface area (Å²) in [6.07, 6.45) is 1.43. The normalized spacial score (nSPS) is 11.0. The first-order valence-corrected chi connectivity index (χ1v) is 9.72. The maximum Gasteiger partial charge on any atom is 0.162 e. The van der Waals surface area contributed by atoms with Crippen molar-refractivity contribution in [3.8, 4) is 22.6 Å². The molecule has 0 aliphatic heterocycles. The average Bonchev–Trinajstić information content (AvgIpc) is 2.76. The second-order valence-corrected chi connectivity index (χ2v) is 7.14. The minimum atomic E-state index is -0.332. The van der Waals surface area contributed by atoms with Crippen molar-refractivity contribution in [1.29, 1.82) is 0 Å². The van der Waals surface area contributed by atoms with Crippen LogP contribution >= 0.6 is 15.9 Å². The largest absolute Gasteiger partial charge is 0.261 e. The molecule has 1 heterocycles. The van der Waals surface area contributed by atoms with Gasteiger partial charge in [0.2, 0.25) is 0 Å². The number of hydrazone groups is 1. The number of nitrogens with zero attached hydrogens (tertiary/aromatic N) is 3. The van der Waals surface area contributed by atoms with Crippen molar-refractivity contribution in [2.24, 2.45) is 5.10 Å². The molecule has 0 atom stereocenters. The molecule has 1 N–H and O–H groups in total. The van der Waals surface area contributed by atoms with E-state index in [2.05, 4.69) is 31.4 Å². The van der Waals surface area contributed by atoms with Gasteiger partial charge in [0.15, 0.2) is 11.6 Å². The number of hydrogen-bond acceptors (Lipinski definition) is 4. The molecular weight excluding hydrogens is 431 g/mol. The molecule has 29 heavy (non-hydrogen) atoms. The number of rotatable bonds is 5. The fraction of sp³-hybridized carbons (Fsp3) is 0. The molecule has 142 valence electrons. The highest BCUT2D eigenvalue weighted by Gasteiger charge is 2.09. The summed E-state index contributed by atoms with van der Waals surface area (Å²) in [7, 11) is 0. The Morgan fingerprint density at radius 1 is 0.828 bits per heavy atom. The van der Waals surface area contributed by atoms with Gasteiger partial charge in [-0.3, -0.25) is 5.43 Å². The van der Waals surface area contributed by atoms with Crippen LogP contribution in [-0.2, 0) is 0 Å². The lowest BCUT2D eigenvalue weighted by Crippen LogP contribution is -1.99. The first kappa shape index (κ1) is 19.0. The third kappa shape index (κ3) is 4.73. The Balaban J connectivity index is 1.69. The molecule has 0 fully saturated rings. The van der Waals surface area contributed by atoms with Crippen molar-refractivity contribution in [2.75, 3.05) is 5.43 Å². The summed E-state index contributed by atoms with van der Waals surface area (Å²) in [6, 6.07) is 25.9. The summed E-state index contributed by atoms with van der Waals surface area (Å²) in [5.74, 6) is 0.757. The Morgan fingerprint density at radius 3 is 2.31 bits per heavy atom. The molecule has 4 aromatic rings. The van der Waals surface area contributed by atoms with Crippen molar-refractivity contribution < 1.29 is 4.39 Å². The van der Waals surface area contributed by atoms with Gasteiger partial charge in [-0.2, -0.15) is 5.10 Å². The van der Waals surface area contributed by atoms with Crippen LogP contribution in [0.15, 0.2) is 94.5 Å². The van der Waals surface area contributed by atoms with Gasteiger partial charge >= 0.3 is 0 Å². The smallest absolute Gasteiger partial charge is 0.162 e. The molecule has 0 radical (unpaired) electrons. The Kier molecular flexibility index (Phi) is 5.72. The molecule has 6 heteroatoms. The van der Waals surface area contributed by atoms with Gasteiger partial charge < -0.3 is 0 Å². The highest BCUT2D eigenvalue weighted by atomic mass is 79.9. The van der Waals surface area contributed by atoms with E-state index in [0.29, 0.717) is 17.2 Å². The van der Waals surface area contributed by atoms with E-state index in [9.17, 15) is 4.39 Å². The van der Waals surface area contributed by atoms with E-state index < -0.39 is 0 Å². The molecule has 0 spiro atoms. The molecule has 1 aromatic heterocycles. The minimum absolute atomic E-state index is 0.332. The standard InChI is InChI=1S/C23H16BrFN4/c24-19-12-10-17(11-13-19)23-27-21(16-6-2-1-3-7-16)14-22(28-23)29-26-15-18-8-4-5-9-20(18)25/h1-15H,(H,27,28,29)/b26-15+. The van der Waals surface area contributed by atoms with E-state index in [1.54, 1.807) is 18.2 Å². The fourth-order valence-electron chi connectivity index (χ4n) is 2.74. The van der Waals surface area contributed by atoms with Gasteiger partial charge in [0, 0.05) is 27.2 Å². The van der Waals surface area contributed by atoms with Crippen LogP contribution in [0.1, 0.15) is 5.56 Å². The van der Waals surface area contributed by atoms with Crippen LogP contribution in [0.5, 0.6) is 0 Å². The molecule has 0 aliphatic carbocycles. The van der Waals surface area contributed by atoms with E-state index in [-0.39, 0.29) is 5.82 Å². The van der Waals surface area contributed by atoms with Crippen LogP contribution in [0.4, 0.5) is 10.2 Å². The Hall–Kier alpha value is -3.38. The van der Waals surface area contributed by atoms with Gasteiger partial charge in [-0.1, -0.05) is 76.6 Å². The van der Waals surface area contributed by atoms with Gasteiger partial charge in [0.25, 0.3) is 0 Å². The van der Waals surface area contributed by atoms with E-state index in [1.165, 1.54) is 12.3 Å². The van der Waals surface area contributed by atoms with Gasteiger partial charge in [0.05, 0.1) is 11.9 Å². The molecular formula is C23H16BrFN4. The summed E-state index contributed by atoms with van der Waals surface area (Å²) in [5, 5.41) is 4.14. The summed E-state index contributed by atoms with van der Waals surface area (Å²) < 4.78 is 14.8. The molecule has 0 bridgehead atoms. The maximum atomic E-state index is 13.8. The highest BCUT2D eigenvalue weighted by molar-refractivity contribution is 9.10. The predicted octanol–water partition coefficient (Wildman–Crippen LogP) is 6.16. The summed E-state index contributed by atoms with van der Waals surface area (Å²) in [5.41, 5.74) is 5.90. The summed E-state index contributed by atoms with van der Waals surface area (Å²) in [4.78, 5) is 9.27. The van der Waals surface area contributed by atoms with Gasteiger partial charge in [-0.25, -0.2) is 14.4 Å². The van der Waals surface area contributed by atoms with Crippen molar-refractivity contribution >= 4 is 28.0 Å². The monoisotopic (exact) mass is 446 g/mol. The summed E-state index contributed by atoms with van der Waals surface area (Å²) >= 11 is 3.44. The van der Waals surface area contributed by atoms with E-state index in [1.807, 2.05) is 60.7 Å². The van der Waals surface area contributed by atoms with Crippen LogP contribution in [0.25, 0.3) is 22.6 Å². The van der Waals surface area contributed by atoms with Crippen LogP contribution in [0.2, 0.25) is 0 Å². The molecule has 0 saturated carbocycles. The molecule has 0 aliphatic rings. The molecule has 0 unspecified atom stereocenters. The Bertz CT molecular complexity index is 1150. The highest BCUT2D eigenvalue weighted by Crippen LogP contribution is 2.25. The maximum absolute atomic E-state index is 13.8. The van der Waals surface area contributed by atoms with Crippen LogP contribution in [-0.4, -0.2) is 16.2 Å². The number of aromatic nitrogens is 2. The molecule has 0 saturated heterocycles. The second-order valence-electron chi connectivity index (χ2n) is 6.23. The minimum Gasteiger partial charge on any atom is -0.261 e. The average molecular weight is 447 g/mol. The number of hydrogen-bond donors (Lipinski definition) is 1. The van der Waals surface area contributed by atoms with Crippen LogP contribution in [0, 0.1) is 5.82 Å². The van der Waals surface area contributed by atoms with Crippen molar-refractivity contribution in [1.82, 2.24) is 9.97 Å². The van der Waals surface area contributed by atoms with Gasteiger partial charge in [-0.05, 0) is 18.2 Å². The van der Waals surface area contributed by atoms with Gasteiger partial charge in [-0.15, -0.1) is 0 Å². The van der Waals surface area contributed by atoms with E-state index in [4.69, 9.17) is 4.98 Å². The zero-order valence-electron chi connectivity index (χ0n) is 15.3. The van der Waals surface area contributed by atoms with E-state index in [0.717, 1.165) is 21.3 Å². The number of benzene rings is 3. The zero-order chi connectivity index (χ0) is 20.1. The van der Waals surface area contributed by atoms with Crippen molar-refractivity contribution in [3.63, 3.8) is 0 Å². The molecule has 4 nitrogen and oxygen atoms in total. The lowest BCUT2D eigenvalue weighted by atomic mass is 10.1. The molecule has 4 rings (SSSR count). The predicted molar refractivity (Wildman–Crippen MR) is 118 cm³/mol. The van der Waals surface area contributed by atoms with Gasteiger partial charge in [0.1, 0.15) is 5.82 Å². The quantitative estimate of drug-likeness (QED) is 0.295. The third-order valence-corrected chi connectivity index (χ3v) is 4.71. The first-order chi connectivity index (χ1) is 14.2. The number of halogens is 2. The third-order valence-electron chi connectivity index (χ3n) is 4.19. The van der Waals surface area contributed by atoms with Crippen LogP contribution < -0.4 is 5.43 Å². The van der Waals surface area contributed by atoms with E-state index >= 15 is 0 Å². The fourth-order valence-corrected chi connectivity index (χ4v) is 3.00. The topological polar surface area (TPSA) is 50.2 Å².